The van der Waals surface area contributed by atoms with Gasteiger partial charge in [-0.2, -0.15) is 0 Å². The Kier molecular flexibility index (Phi) is 5.82. The van der Waals surface area contributed by atoms with E-state index in [0.717, 1.165) is 10.9 Å². The Balaban J connectivity index is 2.26. The molecule has 1 rings (SSSR count). The van der Waals surface area contributed by atoms with Crippen LogP contribution < -0.4 is 5.32 Å². The summed E-state index contributed by atoms with van der Waals surface area (Å²) in [4.78, 5) is 12.8. The molecule has 0 radical (unpaired) electrons. The van der Waals surface area contributed by atoms with Crippen LogP contribution in [-0.2, 0) is 11.2 Å². The van der Waals surface area contributed by atoms with E-state index in [2.05, 4.69) is 21.2 Å². The molecule has 0 bridgehead atoms. The number of hydrogen-bond acceptors (Lipinski definition) is 3. The van der Waals surface area contributed by atoms with E-state index in [1.54, 1.807) is 11.3 Å². The molecule has 0 aliphatic carbocycles. The van der Waals surface area contributed by atoms with Gasteiger partial charge < -0.3 is 10.4 Å². The van der Waals surface area contributed by atoms with Crippen LogP contribution in [-0.4, -0.2) is 23.7 Å². The third kappa shape index (κ3) is 5.50. The van der Waals surface area contributed by atoms with Crippen LogP contribution in [0.4, 0.5) is 0 Å². The maximum Gasteiger partial charge on any atom is 0.220 e. The van der Waals surface area contributed by atoms with E-state index >= 15 is 0 Å². The summed E-state index contributed by atoms with van der Waals surface area (Å²) in [6, 6.07) is 2.03. The highest BCUT2D eigenvalue weighted by Gasteiger charge is 2.22. The molecule has 0 fully saturated rings. The van der Waals surface area contributed by atoms with Crippen molar-refractivity contribution in [1.29, 1.82) is 0 Å². The maximum atomic E-state index is 11.6. The van der Waals surface area contributed by atoms with Gasteiger partial charge in [0.15, 0.2) is 0 Å². The lowest BCUT2D eigenvalue weighted by atomic mass is 9.89. The molecule has 0 aliphatic rings. The molecular formula is C13H20BrNO2S. The van der Waals surface area contributed by atoms with E-state index in [4.69, 9.17) is 0 Å². The first-order valence-corrected chi connectivity index (χ1v) is 7.64. The van der Waals surface area contributed by atoms with Crippen LogP contribution in [0.15, 0.2) is 15.9 Å². The summed E-state index contributed by atoms with van der Waals surface area (Å²) in [5.41, 5.74) is -0.202. The Morgan fingerprint density at radius 2 is 2.22 bits per heavy atom. The van der Waals surface area contributed by atoms with E-state index in [-0.39, 0.29) is 11.3 Å². The van der Waals surface area contributed by atoms with Crippen molar-refractivity contribution in [2.75, 3.05) is 6.54 Å². The van der Waals surface area contributed by atoms with Crippen molar-refractivity contribution in [1.82, 2.24) is 5.32 Å². The summed E-state index contributed by atoms with van der Waals surface area (Å²) in [5, 5.41) is 14.6. The lowest BCUT2D eigenvalue weighted by Gasteiger charge is -2.25. The SMILES string of the molecule is CC(C)(C)C(O)CNC(=O)CCc1cc(Br)cs1. The third-order valence-electron chi connectivity index (χ3n) is 2.71. The van der Waals surface area contributed by atoms with E-state index in [1.807, 2.05) is 32.2 Å². The second kappa shape index (κ2) is 6.68. The van der Waals surface area contributed by atoms with Gasteiger partial charge in [0, 0.05) is 27.7 Å². The van der Waals surface area contributed by atoms with Crippen molar-refractivity contribution >= 4 is 33.2 Å². The fourth-order valence-electron chi connectivity index (χ4n) is 1.33. The second-order valence-electron chi connectivity index (χ2n) is 5.42. The Morgan fingerprint density at radius 3 is 2.72 bits per heavy atom. The van der Waals surface area contributed by atoms with Gasteiger partial charge in [-0.15, -0.1) is 11.3 Å². The third-order valence-corrected chi connectivity index (χ3v) is 4.47. The summed E-state index contributed by atoms with van der Waals surface area (Å²) < 4.78 is 1.06. The number of thiophene rings is 1. The van der Waals surface area contributed by atoms with Crippen molar-refractivity contribution in [3.63, 3.8) is 0 Å². The number of hydrogen-bond donors (Lipinski definition) is 2. The highest BCUT2D eigenvalue weighted by Crippen LogP contribution is 2.21. The fourth-order valence-corrected chi connectivity index (χ4v) is 2.78. The van der Waals surface area contributed by atoms with Gasteiger partial charge in [-0.3, -0.25) is 4.79 Å². The summed E-state index contributed by atoms with van der Waals surface area (Å²) >= 11 is 5.03. The van der Waals surface area contributed by atoms with Crippen LogP contribution in [0.2, 0.25) is 0 Å². The van der Waals surface area contributed by atoms with Gasteiger partial charge in [0.2, 0.25) is 5.91 Å². The average Bonchev–Trinajstić information content (AvgIpc) is 2.67. The molecule has 0 saturated heterocycles. The van der Waals surface area contributed by atoms with Crippen molar-refractivity contribution in [2.45, 2.75) is 39.7 Å². The molecule has 1 aromatic rings. The number of carbonyl (C=O) groups excluding carboxylic acids is 1. The molecule has 3 nitrogen and oxygen atoms in total. The minimum absolute atomic E-state index is 0.0113. The predicted molar refractivity (Wildman–Crippen MR) is 78.8 cm³/mol. The summed E-state index contributed by atoms with van der Waals surface area (Å²) in [6.07, 6.45) is 0.690. The zero-order valence-corrected chi connectivity index (χ0v) is 13.4. The van der Waals surface area contributed by atoms with Crippen LogP contribution in [0.3, 0.4) is 0 Å². The van der Waals surface area contributed by atoms with Crippen LogP contribution >= 0.6 is 27.3 Å². The van der Waals surface area contributed by atoms with Gasteiger partial charge in [-0.25, -0.2) is 0 Å². The molecule has 1 aromatic heterocycles. The molecule has 1 atom stereocenters. The van der Waals surface area contributed by atoms with Gasteiger partial charge in [0.1, 0.15) is 0 Å². The first kappa shape index (κ1) is 15.7. The van der Waals surface area contributed by atoms with Crippen LogP contribution in [0.5, 0.6) is 0 Å². The van der Waals surface area contributed by atoms with Crippen LogP contribution in [0, 0.1) is 5.41 Å². The first-order valence-electron chi connectivity index (χ1n) is 5.96. The number of nitrogens with one attached hydrogen (secondary N) is 1. The summed E-state index contributed by atoms with van der Waals surface area (Å²) in [6.45, 7) is 6.17. The molecule has 0 aliphatic heterocycles. The van der Waals surface area contributed by atoms with Gasteiger partial charge >= 0.3 is 0 Å². The summed E-state index contributed by atoms with van der Waals surface area (Å²) in [5.74, 6) is -0.0113. The van der Waals surface area contributed by atoms with E-state index in [1.165, 1.54) is 4.88 Å². The van der Waals surface area contributed by atoms with Gasteiger partial charge in [0.25, 0.3) is 0 Å². The molecule has 0 saturated carbocycles. The van der Waals surface area contributed by atoms with E-state index < -0.39 is 6.10 Å². The quantitative estimate of drug-likeness (QED) is 0.870. The molecule has 102 valence electrons. The molecule has 5 heteroatoms. The minimum Gasteiger partial charge on any atom is -0.391 e. The van der Waals surface area contributed by atoms with Crippen LogP contribution in [0.25, 0.3) is 0 Å². The number of carbonyl (C=O) groups is 1. The second-order valence-corrected chi connectivity index (χ2v) is 7.33. The first-order chi connectivity index (χ1) is 8.29. The van der Waals surface area contributed by atoms with Gasteiger partial charge in [-0.05, 0) is 33.8 Å². The minimum atomic E-state index is -0.516. The average molecular weight is 334 g/mol. The molecular weight excluding hydrogens is 314 g/mol. The number of halogens is 1. The molecule has 2 N–H and O–H groups in total. The maximum absolute atomic E-state index is 11.6. The lowest BCUT2D eigenvalue weighted by Crippen LogP contribution is -2.39. The van der Waals surface area contributed by atoms with Crippen molar-refractivity contribution in [2.24, 2.45) is 5.41 Å². The molecule has 0 spiro atoms. The van der Waals surface area contributed by atoms with Crippen molar-refractivity contribution in [3.05, 3.63) is 20.8 Å². The monoisotopic (exact) mass is 333 g/mol. The molecule has 18 heavy (non-hydrogen) atoms. The van der Waals surface area contributed by atoms with E-state index in [0.29, 0.717) is 13.0 Å². The normalized spacial score (nSPS) is 13.4. The smallest absolute Gasteiger partial charge is 0.220 e. The molecule has 1 heterocycles. The Bertz CT molecular complexity index is 398. The highest BCUT2D eigenvalue weighted by molar-refractivity contribution is 9.10. The van der Waals surface area contributed by atoms with Crippen molar-refractivity contribution in [3.8, 4) is 0 Å². The predicted octanol–water partition coefficient (Wildman–Crippen LogP) is 2.97. The molecule has 1 unspecified atom stereocenters. The number of aliphatic hydroxyl groups is 1. The Morgan fingerprint density at radius 1 is 1.56 bits per heavy atom. The Hall–Kier alpha value is -0.390. The highest BCUT2D eigenvalue weighted by atomic mass is 79.9. The standard InChI is InChI=1S/C13H20BrNO2S/c1-13(2,3)11(16)7-15-12(17)5-4-10-6-9(14)8-18-10/h6,8,11,16H,4-5,7H2,1-3H3,(H,15,17). The van der Waals surface area contributed by atoms with Crippen molar-refractivity contribution < 1.29 is 9.90 Å². The lowest BCUT2D eigenvalue weighted by molar-refractivity contribution is -0.121. The van der Waals surface area contributed by atoms with Gasteiger partial charge in [-0.1, -0.05) is 20.8 Å². The Labute approximate surface area is 121 Å². The van der Waals surface area contributed by atoms with Gasteiger partial charge in [0.05, 0.1) is 6.10 Å². The number of rotatable bonds is 5. The molecule has 1 amide bonds. The zero-order valence-electron chi connectivity index (χ0n) is 11.0. The van der Waals surface area contributed by atoms with Crippen LogP contribution in [0.1, 0.15) is 32.1 Å². The van der Waals surface area contributed by atoms with E-state index in [9.17, 15) is 9.90 Å². The fraction of sp³-hybridized carbons (Fsp3) is 0.615. The number of aryl methyl sites for hydroxylation is 1. The number of amides is 1. The topological polar surface area (TPSA) is 49.3 Å². The zero-order chi connectivity index (χ0) is 13.8. The summed E-state index contributed by atoms with van der Waals surface area (Å²) in [7, 11) is 0. The number of aliphatic hydroxyl groups excluding tert-OH is 1. The largest absolute Gasteiger partial charge is 0.391 e. The molecule has 0 aromatic carbocycles.